The summed E-state index contributed by atoms with van der Waals surface area (Å²) in [7, 11) is -3.12. The van der Waals surface area contributed by atoms with Crippen molar-refractivity contribution in [1.29, 1.82) is 0 Å². The van der Waals surface area contributed by atoms with E-state index in [2.05, 4.69) is 5.32 Å². The highest BCUT2D eigenvalue weighted by Crippen LogP contribution is 2.36. The molecule has 2 heterocycles. The summed E-state index contributed by atoms with van der Waals surface area (Å²) in [5.74, 6) is 0.175. The molecule has 2 rings (SSSR count). The van der Waals surface area contributed by atoms with Crippen LogP contribution in [0.2, 0.25) is 0 Å². The van der Waals surface area contributed by atoms with Gasteiger partial charge in [-0.15, -0.1) is 11.3 Å². The van der Waals surface area contributed by atoms with Crippen molar-refractivity contribution in [2.75, 3.05) is 12.3 Å². The lowest BCUT2D eigenvalue weighted by Gasteiger charge is -2.24. The molecule has 7 heteroatoms. The van der Waals surface area contributed by atoms with E-state index in [4.69, 9.17) is 4.74 Å². The fourth-order valence-electron chi connectivity index (χ4n) is 2.14. The monoisotopic (exact) mass is 317 g/mol. The van der Waals surface area contributed by atoms with Crippen molar-refractivity contribution in [1.82, 2.24) is 5.32 Å². The quantitative estimate of drug-likeness (QED) is 0.910. The lowest BCUT2D eigenvalue weighted by Crippen LogP contribution is -2.36. The molecule has 0 aliphatic carbocycles. The maximum Gasteiger partial charge on any atom is 0.407 e. The minimum Gasteiger partial charge on any atom is -0.444 e. The van der Waals surface area contributed by atoms with E-state index >= 15 is 0 Å². The average Bonchev–Trinajstić information content (AvgIpc) is 2.76. The number of rotatable bonds is 2. The average molecular weight is 317 g/mol. The standard InChI is InChI=1S/C13H19NO4S2/c1-13(2,3)18-12(15)14-8-9-5-7-20(16,17)11-10(9)4-6-19-11/h4,6,9H,5,7-8H2,1-3H3,(H,14,15). The number of amides is 1. The minimum absolute atomic E-state index is 0.0345. The fourth-order valence-corrected chi connectivity index (χ4v) is 5.23. The number of ether oxygens (including phenoxy) is 1. The van der Waals surface area contributed by atoms with E-state index in [0.29, 0.717) is 17.2 Å². The van der Waals surface area contributed by atoms with E-state index in [1.807, 2.05) is 6.07 Å². The third-order valence-electron chi connectivity index (χ3n) is 3.01. The van der Waals surface area contributed by atoms with Crippen LogP contribution in [-0.4, -0.2) is 32.4 Å². The van der Waals surface area contributed by atoms with Crippen LogP contribution in [0.25, 0.3) is 0 Å². The zero-order valence-corrected chi connectivity index (χ0v) is 13.4. The first-order valence-electron chi connectivity index (χ1n) is 6.46. The third kappa shape index (κ3) is 3.52. The first-order valence-corrected chi connectivity index (χ1v) is 8.99. The van der Waals surface area contributed by atoms with Crippen LogP contribution in [-0.2, 0) is 14.6 Å². The van der Waals surface area contributed by atoms with Gasteiger partial charge in [0.25, 0.3) is 0 Å². The van der Waals surface area contributed by atoms with Crippen molar-refractivity contribution in [3.8, 4) is 0 Å². The Morgan fingerprint density at radius 3 is 2.85 bits per heavy atom. The molecule has 5 nitrogen and oxygen atoms in total. The Kier molecular flexibility index (Phi) is 4.11. The molecule has 1 aromatic heterocycles. The number of nitrogens with one attached hydrogen (secondary N) is 1. The molecular weight excluding hydrogens is 298 g/mol. The van der Waals surface area contributed by atoms with Crippen LogP contribution in [0.5, 0.6) is 0 Å². The Morgan fingerprint density at radius 2 is 2.20 bits per heavy atom. The van der Waals surface area contributed by atoms with Gasteiger partial charge >= 0.3 is 6.09 Å². The minimum atomic E-state index is -3.12. The van der Waals surface area contributed by atoms with Gasteiger partial charge in [0.2, 0.25) is 0 Å². The Labute approximate surface area is 123 Å². The van der Waals surface area contributed by atoms with Crippen molar-refractivity contribution in [3.05, 3.63) is 17.0 Å². The van der Waals surface area contributed by atoms with E-state index in [0.717, 1.165) is 5.56 Å². The van der Waals surface area contributed by atoms with Gasteiger partial charge in [0.1, 0.15) is 9.81 Å². The summed E-state index contributed by atoms with van der Waals surface area (Å²) in [4.78, 5) is 11.6. The molecule has 0 spiro atoms. The molecule has 0 aromatic carbocycles. The summed E-state index contributed by atoms with van der Waals surface area (Å²) in [5.41, 5.74) is 0.283. The summed E-state index contributed by atoms with van der Waals surface area (Å²) in [6.07, 6.45) is 0.0599. The van der Waals surface area contributed by atoms with Crippen molar-refractivity contribution >= 4 is 27.3 Å². The number of sulfone groups is 1. The zero-order valence-electron chi connectivity index (χ0n) is 11.8. The summed E-state index contributed by atoms with van der Waals surface area (Å²) in [6, 6.07) is 1.83. The third-order valence-corrected chi connectivity index (χ3v) is 6.35. The van der Waals surface area contributed by atoms with Gasteiger partial charge in [0.15, 0.2) is 9.84 Å². The fraction of sp³-hybridized carbons (Fsp3) is 0.615. The summed E-state index contributed by atoms with van der Waals surface area (Å²) in [5, 5.41) is 4.50. The van der Waals surface area contributed by atoms with E-state index in [1.54, 1.807) is 26.2 Å². The molecule has 1 aromatic rings. The molecule has 0 fully saturated rings. The van der Waals surface area contributed by atoms with Gasteiger partial charge in [-0.05, 0) is 44.2 Å². The van der Waals surface area contributed by atoms with E-state index in [9.17, 15) is 13.2 Å². The number of hydrogen-bond acceptors (Lipinski definition) is 5. The van der Waals surface area contributed by atoms with Gasteiger partial charge in [-0.25, -0.2) is 13.2 Å². The molecular formula is C13H19NO4S2. The highest BCUT2D eigenvalue weighted by Gasteiger charge is 2.31. The smallest absolute Gasteiger partial charge is 0.407 e. The topological polar surface area (TPSA) is 72.5 Å². The Morgan fingerprint density at radius 1 is 1.50 bits per heavy atom. The number of carbonyl (C=O) groups excluding carboxylic acids is 1. The molecule has 0 saturated carbocycles. The van der Waals surface area contributed by atoms with Crippen molar-refractivity contribution in [3.63, 3.8) is 0 Å². The van der Waals surface area contributed by atoms with Gasteiger partial charge in [-0.3, -0.25) is 0 Å². The molecule has 20 heavy (non-hydrogen) atoms. The maximum absolute atomic E-state index is 11.9. The zero-order chi connectivity index (χ0) is 15.0. The van der Waals surface area contributed by atoms with Crippen LogP contribution in [0, 0.1) is 0 Å². The largest absolute Gasteiger partial charge is 0.444 e. The van der Waals surface area contributed by atoms with Crippen LogP contribution in [0.1, 0.15) is 38.7 Å². The van der Waals surface area contributed by atoms with Crippen LogP contribution in [0.3, 0.4) is 0 Å². The Bertz CT molecular complexity index is 598. The summed E-state index contributed by atoms with van der Waals surface area (Å²) >= 11 is 1.25. The summed E-state index contributed by atoms with van der Waals surface area (Å²) < 4.78 is 29.4. The first-order chi connectivity index (χ1) is 9.19. The Balaban J connectivity index is 2.01. The number of hydrogen-bond donors (Lipinski definition) is 1. The molecule has 1 unspecified atom stereocenters. The molecule has 1 amide bonds. The predicted molar refractivity (Wildman–Crippen MR) is 78.0 cm³/mol. The maximum atomic E-state index is 11.9. The molecule has 1 atom stereocenters. The van der Waals surface area contributed by atoms with Crippen molar-refractivity contribution in [2.24, 2.45) is 0 Å². The molecule has 1 N–H and O–H groups in total. The van der Waals surface area contributed by atoms with Crippen LogP contribution >= 0.6 is 11.3 Å². The van der Waals surface area contributed by atoms with E-state index in [-0.39, 0.29) is 11.7 Å². The second-order valence-corrected chi connectivity index (χ2v) is 9.07. The highest BCUT2D eigenvalue weighted by molar-refractivity contribution is 7.93. The number of thiophene rings is 1. The number of alkyl carbamates (subject to hydrolysis) is 1. The molecule has 1 aliphatic heterocycles. The molecule has 0 saturated heterocycles. The first kappa shape index (κ1) is 15.3. The van der Waals surface area contributed by atoms with Crippen LogP contribution in [0.4, 0.5) is 4.79 Å². The van der Waals surface area contributed by atoms with Crippen molar-refractivity contribution in [2.45, 2.75) is 42.9 Å². The van der Waals surface area contributed by atoms with Gasteiger partial charge in [-0.2, -0.15) is 0 Å². The molecule has 1 aliphatic rings. The lowest BCUT2D eigenvalue weighted by molar-refractivity contribution is 0.0524. The number of fused-ring (bicyclic) bond motifs is 1. The second-order valence-electron chi connectivity index (χ2n) is 5.85. The van der Waals surface area contributed by atoms with E-state index in [1.165, 1.54) is 11.3 Å². The second kappa shape index (κ2) is 5.37. The van der Waals surface area contributed by atoms with Gasteiger partial charge in [-0.1, -0.05) is 0 Å². The number of carbonyl (C=O) groups is 1. The van der Waals surface area contributed by atoms with Crippen LogP contribution in [0.15, 0.2) is 15.7 Å². The van der Waals surface area contributed by atoms with Crippen LogP contribution < -0.4 is 5.32 Å². The van der Waals surface area contributed by atoms with Gasteiger partial charge in [0, 0.05) is 12.5 Å². The molecule has 112 valence electrons. The highest BCUT2D eigenvalue weighted by atomic mass is 32.2. The molecule has 0 bridgehead atoms. The Hall–Kier alpha value is -1.08. The van der Waals surface area contributed by atoms with Gasteiger partial charge in [0.05, 0.1) is 5.75 Å². The van der Waals surface area contributed by atoms with E-state index < -0.39 is 21.5 Å². The lowest BCUT2D eigenvalue weighted by atomic mass is 9.99. The molecule has 0 radical (unpaired) electrons. The summed E-state index contributed by atoms with van der Waals surface area (Å²) in [6.45, 7) is 5.80. The SMILES string of the molecule is CC(C)(C)OC(=O)NCC1CCS(=O)(=O)c2sccc21. The van der Waals surface area contributed by atoms with Crippen molar-refractivity contribution < 1.29 is 17.9 Å². The predicted octanol–water partition coefficient (Wildman–Crippen LogP) is 2.53. The normalized spacial score (nSPS) is 21.1. The van der Waals surface area contributed by atoms with Gasteiger partial charge < -0.3 is 10.1 Å².